The van der Waals surface area contributed by atoms with Gasteiger partial charge in [-0.25, -0.2) is 8.78 Å². The fraction of sp³-hybridized carbons (Fsp3) is 0. The van der Waals surface area contributed by atoms with Crippen LogP contribution in [0.15, 0.2) is 47.6 Å². The molecule has 20 heavy (non-hydrogen) atoms. The van der Waals surface area contributed by atoms with E-state index >= 15 is 0 Å². The first kappa shape index (κ1) is 14.1. The standard InChI is InChI=1S/C14H11F2N3S/c15-11-5-6-12(13(16)7-11)10-3-1-9(2-4-10)8-18-19-14(17)20/h1-8H,(H3,17,19,20). The highest BCUT2D eigenvalue weighted by Crippen LogP contribution is 2.23. The minimum atomic E-state index is -0.598. The monoisotopic (exact) mass is 291 g/mol. The SMILES string of the molecule is NC(=S)NN=Cc1ccc(-c2ccc(F)cc2F)cc1. The molecule has 0 heterocycles. The second kappa shape index (κ2) is 6.21. The average Bonchev–Trinajstić information content (AvgIpc) is 2.39. The van der Waals surface area contributed by atoms with Crippen molar-refractivity contribution in [2.75, 3.05) is 0 Å². The topological polar surface area (TPSA) is 50.4 Å². The number of nitrogens with zero attached hydrogens (tertiary/aromatic N) is 1. The molecule has 2 rings (SSSR count). The van der Waals surface area contributed by atoms with E-state index in [1.165, 1.54) is 18.3 Å². The van der Waals surface area contributed by atoms with Crippen LogP contribution in [-0.2, 0) is 0 Å². The van der Waals surface area contributed by atoms with E-state index in [-0.39, 0.29) is 5.11 Å². The van der Waals surface area contributed by atoms with Gasteiger partial charge in [0.05, 0.1) is 6.21 Å². The van der Waals surface area contributed by atoms with Crippen molar-refractivity contribution in [3.8, 4) is 11.1 Å². The summed E-state index contributed by atoms with van der Waals surface area (Å²) in [5.74, 6) is -1.19. The number of halogens is 2. The molecule has 3 N–H and O–H groups in total. The van der Waals surface area contributed by atoms with Crippen molar-refractivity contribution in [1.82, 2.24) is 5.43 Å². The molecule has 0 bridgehead atoms. The van der Waals surface area contributed by atoms with Crippen LogP contribution in [0.25, 0.3) is 11.1 Å². The molecule has 0 aliphatic rings. The fourth-order valence-electron chi connectivity index (χ4n) is 1.64. The Bertz CT molecular complexity index is 654. The summed E-state index contributed by atoms with van der Waals surface area (Å²) >= 11 is 4.60. The van der Waals surface area contributed by atoms with Gasteiger partial charge in [-0.05, 0) is 35.5 Å². The Morgan fingerprint density at radius 3 is 2.45 bits per heavy atom. The van der Waals surface area contributed by atoms with Gasteiger partial charge in [0.25, 0.3) is 0 Å². The van der Waals surface area contributed by atoms with E-state index in [0.717, 1.165) is 11.6 Å². The molecule has 0 fully saturated rings. The first-order chi connectivity index (χ1) is 9.56. The molecule has 2 aromatic carbocycles. The second-order valence-corrected chi connectivity index (χ2v) is 4.42. The van der Waals surface area contributed by atoms with Gasteiger partial charge >= 0.3 is 0 Å². The number of benzene rings is 2. The highest BCUT2D eigenvalue weighted by Gasteiger charge is 2.05. The molecule has 0 aromatic heterocycles. The van der Waals surface area contributed by atoms with Gasteiger partial charge in [0, 0.05) is 11.6 Å². The van der Waals surface area contributed by atoms with Crippen LogP contribution >= 0.6 is 12.2 Å². The van der Waals surface area contributed by atoms with E-state index in [9.17, 15) is 8.78 Å². The van der Waals surface area contributed by atoms with Crippen LogP contribution < -0.4 is 11.2 Å². The molecule has 0 aliphatic heterocycles. The Labute approximate surface area is 120 Å². The summed E-state index contributed by atoms with van der Waals surface area (Å²) in [6.45, 7) is 0. The Kier molecular flexibility index (Phi) is 4.37. The van der Waals surface area contributed by atoms with Gasteiger partial charge in [-0.15, -0.1) is 0 Å². The summed E-state index contributed by atoms with van der Waals surface area (Å²) in [6, 6.07) is 10.4. The van der Waals surface area contributed by atoms with Crippen LogP contribution in [0.3, 0.4) is 0 Å². The molecule has 6 heteroatoms. The highest BCUT2D eigenvalue weighted by molar-refractivity contribution is 7.80. The van der Waals surface area contributed by atoms with Crippen LogP contribution in [0.2, 0.25) is 0 Å². The number of hydrazone groups is 1. The van der Waals surface area contributed by atoms with Crippen molar-refractivity contribution in [3.63, 3.8) is 0 Å². The summed E-state index contributed by atoms with van der Waals surface area (Å²) in [7, 11) is 0. The quantitative estimate of drug-likeness (QED) is 0.519. The molecular weight excluding hydrogens is 280 g/mol. The smallest absolute Gasteiger partial charge is 0.184 e. The van der Waals surface area contributed by atoms with E-state index in [1.807, 2.05) is 0 Å². The Morgan fingerprint density at radius 2 is 1.85 bits per heavy atom. The molecule has 2 aromatic rings. The first-order valence-corrected chi connectivity index (χ1v) is 6.11. The summed E-state index contributed by atoms with van der Waals surface area (Å²) in [6.07, 6.45) is 1.53. The van der Waals surface area contributed by atoms with Crippen LogP contribution in [0.1, 0.15) is 5.56 Å². The second-order valence-electron chi connectivity index (χ2n) is 3.98. The predicted molar refractivity (Wildman–Crippen MR) is 79.3 cm³/mol. The van der Waals surface area contributed by atoms with E-state index in [4.69, 9.17) is 5.73 Å². The Balaban J connectivity index is 2.19. The van der Waals surface area contributed by atoms with E-state index in [0.29, 0.717) is 11.1 Å². The number of hydrogen-bond donors (Lipinski definition) is 2. The zero-order chi connectivity index (χ0) is 14.5. The van der Waals surface area contributed by atoms with Crippen molar-refractivity contribution in [2.45, 2.75) is 0 Å². The van der Waals surface area contributed by atoms with Crippen molar-refractivity contribution >= 4 is 23.5 Å². The van der Waals surface area contributed by atoms with Crippen LogP contribution in [0.5, 0.6) is 0 Å². The number of hydrogen-bond acceptors (Lipinski definition) is 2. The van der Waals surface area contributed by atoms with Crippen LogP contribution in [-0.4, -0.2) is 11.3 Å². The molecule has 0 aliphatic carbocycles. The van der Waals surface area contributed by atoms with Crippen molar-refractivity contribution in [1.29, 1.82) is 0 Å². The summed E-state index contributed by atoms with van der Waals surface area (Å²) in [5.41, 5.74) is 9.44. The van der Waals surface area contributed by atoms with Crippen molar-refractivity contribution in [3.05, 3.63) is 59.7 Å². The maximum absolute atomic E-state index is 13.6. The van der Waals surface area contributed by atoms with Gasteiger partial charge in [0.1, 0.15) is 11.6 Å². The molecule has 0 unspecified atom stereocenters. The third-order valence-electron chi connectivity index (χ3n) is 2.54. The molecule has 0 saturated carbocycles. The maximum atomic E-state index is 13.6. The molecule has 0 spiro atoms. The third kappa shape index (κ3) is 3.58. The number of rotatable bonds is 3. The fourth-order valence-corrected chi connectivity index (χ4v) is 1.70. The van der Waals surface area contributed by atoms with E-state index in [2.05, 4.69) is 22.7 Å². The van der Waals surface area contributed by atoms with Crippen molar-refractivity contribution < 1.29 is 8.78 Å². The van der Waals surface area contributed by atoms with Gasteiger partial charge in [0.2, 0.25) is 0 Å². The average molecular weight is 291 g/mol. The maximum Gasteiger partial charge on any atom is 0.184 e. The lowest BCUT2D eigenvalue weighted by atomic mass is 10.0. The number of nitrogens with two attached hydrogens (primary N) is 1. The normalized spacial score (nSPS) is 10.7. The van der Waals surface area contributed by atoms with Gasteiger partial charge in [-0.2, -0.15) is 5.10 Å². The Hall–Kier alpha value is -2.34. The lowest BCUT2D eigenvalue weighted by Gasteiger charge is -2.04. The third-order valence-corrected chi connectivity index (χ3v) is 2.63. The van der Waals surface area contributed by atoms with Gasteiger partial charge < -0.3 is 5.73 Å². The minimum Gasteiger partial charge on any atom is -0.375 e. The number of nitrogens with one attached hydrogen (secondary N) is 1. The molecular formula is C14H11F2N3S. The van der Waals surface area contributed by atoms with Gasteiger partial charge in [-0.3, -0.25) is 5.43 Å². The summed E-state index contributed by atoms with van der Waals surface area (Å²) in [4.78, 5) is 0. The van der Waals surface area contributed by atoms with Crippen molar-refractivity contribution in [2.24, 2.45) is 10.8 Å². The zero-order valence-corrected chi connectivity index (χ0v) is 11.1. The van der Waals surface area contributed by atoms with Crippen LogP contribution in [0.4, 0.5) is 8.78 Å². The van der Waals surface area contributed by atoms with Gasteiger partial charge in [0.15, 0.2) is 5.11 Å². The molecule has 3 nitrogen and oxygen atoms in total. The first-order valence-electron chi connectivity index (χ1n) is 5.70. The summed E-state index contributed by atoms with van der Waals surface area (Å²) < 4.78 is 26.5. The molecule has 0 atom stereocenters. The molecule has 0 radical (unpaired) electrons. The number of thiocarbonyl (C=S) groups is 1. The van der Waals surface area contributed by atoms with E-state index in [1.54, 1.807) is 24.3 Å². The minimum absolute atomic E-state index is 0.0752. The molecule has 0 amide bonds. The van der Waals surface area contributed by atoms with Crippen LogP contribution in [0, 0.1) is 11.6 Å². The lowest BCUT2D eigenvalue weighted by Crippen LogP contribution is -2.23. The lowest BCUT2D eigenvalue weighted by molar-refractivity contribution is 0.585. The highest BCUT2D eigenvalue weighted by atomic mass is 32.1. The summed E-state index contributed by atoms with van der Waals surface area (Å²) in [5, 5.41) is 3.88. The Morgan fingerprint density at radius 1 is 1.15 bits per heavy atom. The molecule has 0 saturated heterocycles. The molecule has 102 valence electrons. The zero-order valence-electron chi connectivity index (χ0n) is 10.3. The van der Waals surface area contributed by atoms with E-state index < -0.39 is 11.6 Å². The van der Waals surface area contributed by atoms with Gasteiger partial charge in [-0.1, -0.05) is 24.3 Å². The largest absolute Gasteiger partial charge is 0.375 e. The predicted octanol–water partition coefficient (Wildman–Crippen LogP) is 2.80.